The number of benzene rings is 3. The van der Waals surface area contributed by atoms with Crippen LogP contribution in [0.5, 0.6) is 11.5 Å². The van der Waals surface area contributed by atoms with E-state index < -0.39 is 6.04 Å². The van der Waals surface area contributed by atoms with Crippen molar-refractivity contribution < 1.29 is 18.7 Å². The molecule has 0 radical (unpaired) electrons. The highest BCUT2D eigenvalue weighted by molar-refractivity contribution is 5.97. The van der Waals surface area contributed by atoms with Crippen LogP contribution in [-0.4, -0.2) is 55.0 Å². The van der Waals surface area contributed by atoms with Gasteiger partial charge in [0.15, 0.2) is 0 Å². The van der Waals surface area contributed by atoms with Crippen molar-refractivity contribution in [1.29, 1.82) is 0 Å². The van der Waals surface area contributed by atoms with Crippen LogP contribution in [0.25, 0.3) is 0 Å². The fourth-order valence-electron chi connectivity index (χ4n) is 5.23. The Balaban J connectivity index is 1.15. The summed E-state index contributed by atoms with van der Waals surface area (Å²) in [5.41, 5.74) is 3.16. The molecule has 2 unspecified atom stereocenters. The molecule has 3 heterocycles. The zero-order chi connectivity index (χ0) is 26.8. The van der Waals surface area contributed by atoms with Crippen molar-refractivity contribution in [1.82, 2.24) is 24.6 Å². The molecule has 198 valence electrons. The standard InChI is InChI=1S/C29H27FN6O3/c30-22-5-9-25(10-6-22)39-26-11-7-23(8-12-26)33-29(38)27-13-24(34-14-20-3-1-2-4-21(20)15-34)16-36(27)28(37)17-35-19-31-18-32-35/h1-12,18-19,24,27H,13-17H2,(H,33,38). The number of amides is 2. The van der Waals surface area contributed by atoms with Crippen LogP contribution in [0.1, 0.15) is 17.5 Å². The Bertz CT molecular complexity index is 1430. The smallest absolute Gasteiger partial charge is 0.247 e. The summed E-state index contributed by atoms with van der Waals surface area (Å²) in [5.74, 6) is 0.309. The molecule has 10 heteroatoms. The van der Waals surface area contributed by atoms with Gasteiger partial charge < -0.3 is 15.0 Å². The third-order valence-electron chi connectivity index (χ3n) is 7.22. The predicted molar refractivity (Wildman–Crippen MR) is 141 cm³/mol. The van der Waals surface area contributed by atoms with Gasteiger partial charge in [-0.15, -0.1) is 0 Å². The normalized spacial score (nSPS) is 18.6. The fraction of sp³-hybridized carbons (Fsp3) is 0.241. The third-order valence-corrected chi connectivity index (χ3v) is 7.22. The monoisotopic (exact) mass is 526 g/mol. The highest BCUT2D eigenvalue weighted by Gasteiger charge is 2.42. The number of aromatic nitrogens is 3. The summed E-state index contributed by atoms with van der Waals surface area (Å²) in [6, 6.07) is 20.5. The van der Waals surface area contributed by atoms with Crippen molar-refractivity contribution in [3.63, 3.8) is 0 Å². The van der Waals surface area contributed by atoms with Gasteiger partial charge in [0.25, 0.3) is 0 Å². The van der Waals surface area contributed by atoms with E-state index in [1.54, 1.807) is 41.3 Å². The highest BCUT2D eigenvalue weighted by Crippen LogP contribution is 2.31. The molecule has 1 N–H and O–H groups in total. The average Bonchev–Trinajstić information content (AvgIpc) is 3.70. The van der Waals surface area contributed by atoms with Crippen molar-refractivity contribution in [2.24, 2.45) is 0 Å². The minimum absolute atomic E-state index is 0.0200. The van der Waals surface area contributed by atoms with Gasteiger partial charge in [-0.3, -0.25) is 14.5 Å². The third kappa shape index (κ3) is 5.51. The molecule has 4 aromatic rings. The maximum atomic E-state index is 13.5. The van der Waals surface area contributed by atoms with E-state index in [-0.39, 0.29) is 30.2 Å². The second kappa shape index (κ2) is 10.7. The number of hydrogen-bond acceptors (Lipinski definition) is 6. The summed E-state index contributed by atoms with van der Waals surface area (Å²) < 4.78 is 20.4. The summed E-state index contributed by atoms with van der Waals surface area (Å²) in [4.78, 5) is 34.7. The maximum Gasteiger partial charge on any atom is 0.247 e. The average molecular weight is 527 g/mol. The Morgan fingerprint density at radius 2 is 1.62 bits per heavy atom. The summed E-state index contributed by atoms with van der Waals surface area (Å²) >= 11 is 0. The van der Waals surface area contributed by atoms with E-state index in [4.69, 9.17) is 4.74 Å². The molecule has 0 aliphatic carbocycles. The molecule has 1 fully saturated rings. The number of fused-ring (bicyclic) bond motifs is 1. The second-order valence-electron chi connectivity index (χ2n) is 9.79. The lowest BCUT2D eigenvalue weighted by atomic mass is 10.1. The van der Waals surface area contributed by atoms with Crippen LogP contribution in [0.15, 0.2) is 85.5 Å². The van der Waals surface area contributed by atoms with Gasteiger partial charge in [0.05, 0.1) is 0 Å². The number of halogens is 1. The largest absolute Gasteiger partial charge is 0.457 e. The molecule has 3 aromatic carbocycles. The summed E-state index contributed by atoms with van der Waals surface area (Å²) in [6.07, 6.45) is 3.41. The molecule has 9 nitrogen and oxygen atoms in total. The van der Waals surface area contributed by atoms with Crippen LogP contribution >= 0.6 is 0 Å². The quantitative estimate of drug-likeness (QED) is 0.394. The predicted octanol–water partition coefficient (Wildman–Crippen LogP) is 3.83. The van der Waals surface area contributed by atoms with Gasteiger partial charge in [-0.25, -0.2) is 14.1 Å². The first-order valence-electron chi connectivity index (χ1n) is 12.8. The van der Waals surface area contributed by atoms with Crippen LogP contribution in [0.3, 0.4) is 0 Å². The number of nitrogens with zero attached hydrogens (tertiary/aromatic N) is 5. The number of nitrogens with one attached hydrogen (secondary N) is 1. The molecule has 1 saturated heterocycles. The number of carbonyl (C=O) groups is 2. The molecule has 2 aliphatic rings. The van der Waals surface area contributed by atoms with Gasteiger partial charge in [-0.2, -0.15) is 5.10 Å². The Kier molecular flexibility index (Phi) is 6.76. The maximum absolute atomic E-state index is 13.5. The van der Waals surface area contributed by atoms with Crippen LogP contribution in [0, 0.1) is 5.82 Å². The Morgan fingerprint density at radius 3 is 2.26 bits per heavy atom. The van der Waals surface area contributed by atoms with Crippen molar-refractivity contribution in [3.05, 3.63) is 102 Å². The van der Waals surface area contributed by atoms with Gasteiger partial charge in [0.2, 0.25) is 11.8 Å². The molecule has 0 spiro atoms. The lowest BCUT2D eigenvalue weighted by molar-refractivity contribution is -0.137. The number of hydrogen-bond donors (Lipinski definition) is 1. The number of carbonyl (C=O) groups excluding carboxylic acids is 2. The number of rotatable bonds is 7. The van der Waals surface area contributed by atoms with E-state index in [0.717, 1.165) is 13.1 Å². The lowest BCUT2D eigenvalue weighted by Crippen LogP contribution is -2.44. The Hall–Kier alpha value is -4.57. The molecule has 39 heavy (non-hydrogen) atoms. The lowest BCUT2D eigenvalue weighted by Gasteiger charge is -2.24. The van der Waals surface area contributed by atoms with Crippen molar-refractivity contribution >= 4 is 17.5 Å². The molecular weight excluding hydrogens is 499 g/mol. The highest BCUT2D eigenvalue weighted by atomic mass is 19.1. The summed E-state index contributed by atoms with van der Waals surface area (Å²) in [7, 11) is 0. The first-order chi connectivity index (χ1) is 19.0. The molecule has 2 amide bonds. The van der Waals surface area contributed by atoms with Gasteiger partial charge in [-0.1, -0.05) is 24.3 Å². The van der Waals surface area contributed by atoms with Gasteiger partial charge in [0.1, 0.15) is 42.6 Å². The molecule has 1 aromatic heterocycles. The fourth-order valence-corrected chi connectivity index (χ4v) is 5.23. The molecule has 2 atom stereocenters. The Morgan fingerprint density at radius 1 is 0.949 bits per heavy atom. The van der Waals surface area contributed by atoms with Gasteiger partial charge >= 0.3 is 0 Å². The van der Waals surface area contributed by atoms with Gasteiger partial charge in [0, 0.05) is 31.4 Å². The molecular formula is C29H27FN6O3. The number of anilines is 1. The summed E-state index contributed by atoms with van der Waals surface area (Å²) in [6.45, 7) is 2.09. The van der Waals surface area contributed by atoms with Crippen LogP contribution < -0.4 is 10.1 Å². The van der Waals surface area contributed by atoms with E-state index in [9.17, 15) is 14.0 Å². The zero-order valence-electron chi connectivity index (χ0n) is 21.1. The summed E-state index contributed by atoms with van der Waals surface area (Å²) in [5, 5.41) is 7.01. The van der Waals surface area contributed by atoms with E-state index in [1.807, 2.05) is 12.1 Å². The first kappa shape index (κ1) is 24.7. The zero-order valence-corrected chi connectivity index (χ0v) is 21.1. The molecule has 2 aliphatic heterocycles. The van der Waals surface area contributed by atoms with Crippen LogP contribution in [-0.2, 0) is 29.2 Å². The van der Waals surface area contributed by atoms with Crippen molar-refractivity contribution in [3.8, 4) is 11.5 Å². The van der Waals surface area contributed by atoms with E-state index >= 15 is 0 Å². The van der Waals surface area contributed by atoms with Crippen LogP contribution in [0.4, 0.5) is 10.1 Å². The number of ether oxygens (including phenoxy) is 1. The second-order valence-corrected chi connectivity index (χ2v) is 9.79. The first-order valence-corrected chi connectivity index (χ1v) is 12.8. The molecule has 0 saturated carbocycles. The SMILES string of the molecule is O=C(Nc1ccc(Oc2ccc(F)cc2)cc1)C1CC(N2Cc3ccccc3C2)CN1C(=O)Cn1cncn1. The van der Waals surface area contributed by atoms with Crippen molar-refractivity contribution in [2.75, 3.05) is 11.9 Å². The molecule has 6 rings (SSSR count). The van der Waals surface area contributed by atoms with E-state index in [0.29, 0.717) is 30.2 Å². The van der Waals surface area contributed by atoms with Crippen LogP contribution in [0.2, 0.25) is 0 Å². The Labute approximate surface area is 224 Å². The minimum Gasteiger partial charge on any atom is -0.457 e. The number of likely N-dealkylation sites (tertiary alicyclic amines) is 1. The van der Waals surface area contributed by atoms with E-state index in [1.165, 1.54) is 40.6 Å². The molecule has 0 bridgehead atoms. The van der Waals surface area contributed by atoms with Crippen molar-refractivity contribution in [2.45, 2.75) is 38.1 Å². The van der Waals surface area contributed by atoms with Gasteiger partial charge in [-0.05, 0) is 66.1 Å². The van der Waals surface area contributed by atoms with E-state index in [2.05, 4.69) is 32.4 Å². The minimum atomic E-state index is -0.620. The topological polar surface area (TPSA) is 92.6 Å².